The molecule has 0 unspecified atom stereocenters. The number of imidazole rings is 1. The van der Waals surface area contributed by atoms with Crippen molar-refractivity contribution in [3.05, 3.63) is 34.0 Å². The number of benzene rings is 1. The molecule has 3 rings (SSSR count). The molecule has 2 heterocycles. The lowest BCUT2D eigenvalue weighted by Gasteiger charge is -1.95. The SMILES string of the molecule is Cc1nc(-c2ccc3nc[nH]c3c2)sc1Br. The number of hydrogen-bond acceptors (Lipinski definition) is 3. The highest BCUT2D eigenvalue weighted by Gasteiger charge is 2.08. The fraction of sp³-hybridized carbons (Fsp3) is 0.0909. The van der Waals surface area contributed by atoms with Gasteiger partial charge in [0.1, 0.15) is 5.01 Å². The number of nitrogens with one attached hydrogen (secondary N) is 1. The molecule has 0 bridgehead atoms. The van der Waals surface area contributed by atoms with Crippen LogP contribution >= 0.6 is 27.3 Å². The molecule has 0 saturated heterocycles. The summed E-state index contributed by atoms with van der Waals surface area (Å²) < 4.78 is 1.09. The molecule has 2 aromatic heterocycles. The van der Waals surface area contributed by atoms with Gasteiger partial charge in [0, 0.05) is 5.56 Å². The Morgan fingerprint density at radius 2 is 2.25 bits per heavy atom. The molecule has 0 spiro atoms. The fourth-order valence-electron chi connectivity index (χ4n) is 1.57. The van der Waals surface area contributed by atoms with Crippen molar-refractivity contribution in [1.29, 1.82) is 0 Å². The van der Waals surface area contributed by atoms with E-state index in [2.05, 4.69) is 36.9 Å². The lowest BCUT2D eigenvalue weighted by atomic mass is 10.2. The van der Waals surface area contributed by atoms with E-state index in [4.69, 9.17) is 0 Å². The van der Waals surface area contributed by atoms with Gasteiger partial charge in [-0.3, -0.25) is 0 Å². The smallest absolute Gasteiger partial charge is 0.124 e. The van der Waals surface area contributed by atoms with Crippen LogP contribution in [0.15, 0.2) is 28.3 Å². The van der Waals surface area contributed by atoms with E-state index in [1.54, 1.807) is 17.7 Å². The Labute approximate surface area is 105 Å². The normalized spacial score (nSPS) is 11.1. The van der Waals surface area contributed by atoms with Crippen LogP contribution in [0, 0.1) is 6.92 Å². The number of nitrogens with zero attached hydrogens (tertiary/aromatic N) is 2. The third kappa shape index (κ3) is 1.56. The maximum Gasteiger partial charge on any atom is 0.124 e. The molecule has 0 aliphatic heterocycles. The molecule has 0 aliphatic carbocycles. The van der Waals surface area contributed by atoms with Crippen molar-refractivity contribution in [2.45, 2.75) is 6.92 Å². The Bertz CT molecular complexity index is 637. The van der Waals surface area contributed by atoms with Crippen LogP contribution in [0.2, 0.25) is 0 Å². The highest BCUT2D eigenvalue weighted by molar-refractivity contribution is 9.11. The van der Waals surface area contributed by atoms with E-state index in [1.807, 2.05) is 19.1 Å². The third-order valence-electron chi connectivity index (χ3n) is 2.41. The van der Waals surface area contributed by atoms with Crippen molar-refractivity contribution in [3.8, 4) is 10.6 Å². The number of thiazole rings is 1. The predicted molar refractivity (Wildman–Crippen MR) is 69.6 cm³/mol. The first-order valence-corrected chi connectivity index (χ1v) is 6.41. The van der Waals surface area contributed by atoms with Crippen LogP contribution in [0.25, 0.3) is 21.6 Å². The molecule has 0 fully saturated rings. The standard InChI is InChI=1S/C11H8BrN3S/c1-6-10(12)16-11(15-6)7-2-3-8-9(4-7)14-5-13-8/h2-5H,1H3,(H,13,14). The van der Waals surface area contributed by atoms with Gasteiger partial charge in [0.05, 0.1) is 26.8 Å². The highest BCUT2D eigenvalue weighted by Crippen LogP contribution is 2.32. The first-order valence-electron chi connectivity index (χ1n) is 4.80. The number of aryl methyl sites for hydroxylation is 1. The van der Waals surface area contributed by atoms with Gasteiger partial charge in [-0.25, -0.2) is 9.97 Å². The Kier molecular flexibility index (Phi) is 2.29. The molecular weight excluding hydrogens is 286 g/mol. The van der Waals surface area contributed by atoms with Crippen molar-refractivity contribution in [3.63, 3.8) is 0 Å². The lowest BCUT2D eigenvalue weighted by molar-refractivity contribution is 1.26. The summed E-state index contributed by atoms with van der Waals surface area (Å²) in [6.07, 6.45) is 1.71. The minimum absolute atomic E-state index is 0.982. The maximum absolute atomic E-state index is 4.51. The van der Waals surface area contributed by atoms with Gasteiger partial charge in [-0.05, 0) is 41.1 Å². The van der Waals surface area contributed by atoms with Crippen molar-refractivity contribution < 1.29 is 0 Å². The zero-order valence-corrected chi connectivity index (χ0v) is 10.9. The minimum atomic E-state index is 0.982. The largest absolute Gasteiger partial charge is 0.345 e. The van der Waals surface area contributed by atoms with Crippen molar-refractivity contribution in [2.24, 2.45) is 0 Å². The molecule has 1 aromatic carbocycles. The van der Waals surface area contributed by atoms with Crippen LogP contribution in [0.1, 0.15) is 5.69 Å². The van der Waals surface area contributed by atoms with Crippen LogP contribution in [-0.2, 0) is 0 Å². The molecule has 0 saturated carbocycles. The summed E-state index contributed by atoms with van der Waals surface area (Å²) in [5, 5.41) is 1.03. The van der Waals surface area contributed by atoms with E-state index in [0.717, 1.165) is 31.1 Å². The second-order valence-electron chi connectivity index (χ2n) is 3.51. The topological polar surface area (TPSA) is 41.6 Å². The first kappa shape index (κ1) is 9.99. The van der Waals surface area contributed by atoms with Gasteiger partial charge in [0.15, 0.2) is 0 Å². The Balaban J connectivity index is 2.17. The predicted octanol–water partition coefficient (Wildman–Crippen LogP) is 3.76. The number of aromatic amines is 1. The first-order chi connectivity index (χ1) is 7.74. The number of rotatable bonds is 1. The van der Waals surface area contributed by atoms with Crippen LogP contribution in [-0.4, -0.2) is 15.0 Å². The summed E-state index contributed by atoms with van der Waals surface area (Å²) >= 11 is 5.14. The van der Waals surface area contributed by atoms with Gasteiger partial charge < -0.3 is 4.98 Å². The van der Waals surface area contributed by atoms with Gasteiger partial charge in [0.2, 0.25) is 0 Å². The van der Waals surface area contributed by atoms with Gasteiger partial charge >= 0.3 is 0 Å². The van der Waals surface area contributed by atoms with E-state index >= 15 is 0 Å². The Morgan fingerprint density at radius 3 is 3.00 bits per heavy atom. The molecule has 16 heavy (non-hydrogen) atoms. The number of hydrogen-bond donors (Lipinski definition) is 1. The van der Waals surface area contributed by atoms with E-state index in [9.17, 15) is 0 Å². The van der Waals surface area contributed by atoms with E-state index < -0.39 is 0 Å². The van der Waals surface area contributed by atoms with E-state index in [-0.39, 0.29) is 0 Å². The Morgan fingerprint density at radius 1 is 1.38 bits per heavy atom. The van der Waals surface area contributed by atoms with E-state index in [0.29, 0.717) is 0 Å². The van der Waals surface area contributed by atoms with Crippen molar-refractivity contribution >= 4 is 38.3 Å². The van der Waals surface area contributed by atoms with Crippen LogP contribution in [0.5, 0.6) is 0 Å². The van der Waals surface area contributed by atoms with Gasteiger partial charge in [-0.2, -0.15) is 0 Å². The van der Waals surface area contributed by atoms with Crippen LogP contribution in [0.3, 0.4) is 0 Å². The monoisotopic (exact) mass is 293 g/mol. The Hall–Kier alpha value is -1.20. The summed E-state index contributed by atoms with van der Waals surface area (Å²) in [5.41, 5.74) is 4.18. The molecule has 0 radical (unpaired) electrons. The van der Waals surface area contributed by atoms with Crippen molar-refractivity contribution in [2.75, 3.05) is 0 Å². The lowest BCUT2D eigenvalue weighted by Crippen LogP contribution is -1.78. The van der Waals surface area contributed by atoms with E-state index in [1.165, 1.54) is 0 Å². The maximum atomic E-state index is 4.51. The van der Waals surface area contributed by atoms with Gasteiger partial charge in [0.25, 0.3) is 0 Å². The number of fused-ring (bicyclic) bond motifs is 1. The number of aromatic nitrogens is 3. The summed E-state index contributed by atoms with van der Waals surface area (Å²) in [4.78, 5) is 11.8. The van der Waals surface area contributed by atoms with Crippen LogP contribution in [0.4, 0.5) is 0 Å². The number of halogens is 1. The molecule has 5 heteroatoms. The molecule has 1 N–H and O–H groups in total. The molecule has 0 aliphatic rings. The molecule has 80 valence electrons. The quantitative estimate of drug-likeness (QED) is 0.742. The number of H-pyrrole nitrogens is 1. The zero-order valence-electron chi connectivity index (χ0n) is 8.49. The molecule has 3 nitrogen and oxygen atoms in total. The molecular formula is C11H8BrN3S. The summed E-state index contributed by atoms with van der Waals surface area (Å²) in [6.45, 7) is 2.00. The summed E-state index contributed by atoms with van der Waals surface area (Å²) in [6, 6.07) is 6.13. The molecule has 0 atom stereocenters. The minimum Gasteiger partial charge on any atom is -0.345 e. The summed E-state index contributed by atoms with van der Waals surface area (Å²) in [7, 11) is 0. The van der Waals surface area contributed by atoms with Gasteiger partial charge in [-0.1, -0.05) is 0 Å². The fourth-order valence-corrected chi connectivity index (χ4v) is 2.91. The highest BCUT2D eigenvalue weighted by atomic mass is 79.9. The molecule has 0 amide bonds. The average molecular weight is 294 g/mol. The average Bonchev–Trinajstić information content (AvgIpc) is 2.85. The second-order valence-corrected chi connectivity index (χ2v) is 5.83. The van der Waals surface area contributed by atoms with Gasteiger partial charge in [-0.15, -0.1) is 11.3 Å². The van der Waals surface area contributed by atoms with Crippen LogP contribution < -0.4 is 0 Å². The second kappa shape index (κ2) is 3.68. The van der Waals surface area contributed by atoms with Crippen molar-refractivity contribution in [1.82, 2.24) is 15.0 Å². The molecule has 3 aromatic rings. The zero-order chi connectivity index (χ0) is 11.1. The summed E-state index contributed by atoms with van der Waals surface area (Å²) in [5.74, 6) is 0. The third-order valence-corrected chi connectivity index (χ3v) is 4.46.